The third-order valence-corrected chi connectivity index (χ3v) is 4.76. The second-order valence-corrected chi connectivity index (χ2v) is 7.08. The molecule has 1 N–H and O–H groups in total. The first-order chi connectivity index (χ1) is 11.5. The average molecular weight is 343 g/mol. The molecule has 24 heavy (non-hydrogen) atoms. The minimum atomic E-state index is 0.0275. The van der Waals surface area contributed by atoms with Gasteiger partial charge >= 0.3 is 0 Å². The van der Waals surface area contributed by atoms with Crippen LogP contribution in [-0.4, -0.2) is 18.8 Å². The summed E-state index contributed by atoms with van der Waals surface area (Å²) in [5.74, 6) is 2.46. The number of aryl methyl sites for hydroxylation is 1. The molecule has 0 bridgehead atoms. The molecular weight excluding hydrogens is 318 g/mol. The maximum atomic E-state index is 12.2. The highest BCUT2D eigenvalue weighted by molar-refractivity contribution is 7.99. The number of benzene rings is 2. The van der Waals surface area contributed by atoms with Gasteiger partial charge in [0.1, 0.15) is 5.75 Å². The molecule has 2 rings (SSSR count). The lowest BCUT2D eigenvalue weighted by Crippen LogP contribution is -2.15. The number of thioether (sulfide) groups is 1. The zero-order valence-electron chi connectivity index (χ0n) is 14.8. The van der Waals surface area contributed by atoms with E-state index in [1.165, 1.54) is 5.56 Å². The third kappa shape index (κ3) is 5.03. The van der Waals surface area contributed by atoms with E-state index >= 15 is 0 Å². The van der Waals surface area contributed by atoms with Gasteiger partial charge < -0.3 is 10.1 Å². The van der Waals surface area contributed by atoms with Crippen LogP contribution in [0.25, 0.3) is 0 Å². The highest BCUT2D eigenvalue weighted by atomic mass is 32.2. The molecule has 0 atom stereocenters. The molecule has 4 heteroatoms. The first kappa shape index (κ1) is 18.4. The Morgan fingerprint density at radius 3 is 2.67 bits per heavy atom. The van der Waals surface area contributed by atoms with Crippen LogP contribution in [0.15, 0.2) is 42.5 Å². The molecule has 0 aromatic heterocycles. The Kier molecular flexibility index (Phi) is 6.73. The summed E-state index contributed by atoms with van der Waals surface area (Å²) in [6.07, 6.45) is 0. The van der Waals surface area contributed by atoms with Gasteiger partial charge in [0.05, 0.1) is 12.9 Å². The number of nitrogens with one attached hydrogen (secondary N) is 1. The molecule has 0 heterocycles. The Hall–Kier alpha value is -1.94. The predicted molar refractivity (Wildman–Crippen MR) is 103 cm³/mol. The molecule has 2 aromatic rings. The number of carbonyl (C=O) groups is 1. The van der Waals surface area contributed by atoms with Gasteiger partial charge in [-0.15, -0.1) is 11.8 Å². The summed E-state index contributed by atoms with van der Waals surface area (Å²) in [6, 6.07) is 14.1. The van der Waals surface area contributed by atoms with Gasteiger partial charge in [-0.05, 0) is 30.5 Å². The van der Waals surface area contributed by atoms with Crippen molar-refractivity contribution in [1.82, 2.24) is 0 Å². The molecule has 0 unspecified atom stereocenters. The van der Waals surface area contributed by atoms with Gasteiger partial charge in [0.15, 0.2) is 0 Å². The minimum absolute atomic E-state index is 0.0275. The largest absolute Gasteiger partial charge is 0.496 e. The number of rotatable bonds is 7. The topological polar surface area (TPSA) is 38.3 Å². The normalized spacial score (nSPS) is 10.7. The molecule has 0 saturated heterocycles. The molecule has 0 fully saturated rings. The molecule has 0 aliphatic heterocycles. The summed E-state index contributed by atoms with van der Waals surface area (Å²) in [4.78, 5) is 12.2. The fourth-order valence-electron chi connectivity index (χ4n) is 2.57. The Bertz CT molecular complexity index is 698. The summed E-state index contributed by atoms with van der Waals surface area (Å²) in [7, 11) is 1.67. The van der Waals surface area contributed by atoms with Gasteiger partial charge in [-0.25, -0.2) is 0 Å². The van der Waals surface area contributed by atoms with Crippen molar-refractivity contribution in [2.45, 2.75) is 32.4 Å². The Labute approximate surface area is 148 Å². The van der Waals surface area contributed by atoms with Crippen molar-refractivity contribution in [1.29, 1.82) is 0 Å². The van der Waals surface area contributed by atoms with Crippen molar-refractivity contribution in [2.24, 2.45) is 0 Å². The average Bonchev–Trinajstić information content (AvgIpc) is 2.55. The molecule has 0 saturated carbocycles. The van der Waals surface area contributed by atoms with Crippen molar-refractivity contribution < 1.29 is 9.53 Å². The molecular formula is C20H25NO2S. The first-order valence-electron chi connectivity index (χ1n) is 8.11. The molecule has 1 amide bonds. The zero-order valence-corrected chi connectivity index (χ0v) is 15.6. The minimum Gasteiger partial charge on any atom is -0.496 e. The molecule has 2 aromatic carbocycles. The van der Waals surface area contributed by atoms with Gasteiger partial charge in [-0.3, -0.25) is 4.79 Å². The zero-order chi connectivity index (χ0) is 17.5. The van der Waals surface area contributed by atoms with Crippen LogP contribution in [0.3, 0.4) is 0 Å². The van der Waals surface area contributed by atoms with Crippen LogP contribution < -0.4 is 10.1 Å². The number of hydrogen-bond acceptors (Lipinski definition) is 3. The molecule has 0 spiro atoms. The summed E-state index contributed by atoms with van der Waals surface area (Å²) in [5.41, 5.74) is 4.39. The van der Waals surface area contributed by atoms with Crippen LogP contribution in [0.4, 0.5) is 5.69 Å². The molecule has 0 aliphatic carbocycles. The lowest BCUT2D eigenvalue weighted by atomic mass is 10.0. The number of ether oxygens (including phenoxy) is 1. The van der Waals surface area contributed by atoms with E-state index in [2.05, 4.69) is 38.2 Å². The lowest BCUT2D eigenvalue weighted by Gasteiger charge is -2.14. The fourth-order valence-corrected chi connectivity index (χ4v) is 3.38. The van der Waals surface area contributed by atoms with E-state index in [1.807, 2.05) is 30.3 Å². The van der Waals surface area contributed by atoms with E-state index in [0.29, 0.717) is 11.7 Å². The quantitative estimate of drug-likeness (QED) is 0.769. The van der Waals surface area contributed by atoms with Gasteiger partial charge in [-0.1, -0.05) is 49.7 Å². The van der Waals surface area contributed by atoms with E-state index in [0.717, 1.165) is 28.3 Å². The van der Waals surface area contributed by atoms with Crippen molar-refractivity contribution in [3.63, 3.8) is 0 Å². The Morgan fingerprint density at radius 1 is 1.21 bits per heavy atom. The van der Waals surface area contributed by atoms with Crippen LogP contribution in [-0.2, 0) is 10.5 Å². The fraction of sp³-hybridized carbons (Fsp3) is 0.350. The maximum Gasteiger partial charge on any atom is 0.234 e. The maximum absolute atomic E-state index is 12.2. The van der Waals surface area contributed by atoms with Crippen LogP contribution in [0.2, 0.25) is 0 Å². The van der Waals surface area contributed by atoms with E-state index in [4.69, 9.17) is 4.74 Å². The lowest BCUT2D eigenvalue weighted by molar-refractivity contribution is -0.113. The molecule has 0 aliphatic rings. The van der Waals surface area contributed by atoms with E-state index in [1.54, 1.807) is 18.9 Å². The smallest absolute Gasteiger partial charge is 0.234 e. The van der Waals surface area contributed by atoms with Crippen molar-refractivity contribution in [3.8, 4) is 5.75 Å². The van der Waals surface area contributed by atoms with Gasteiger partial charge in [0.25, 0.3) is 0 Å². The van der Waals surface area contributed by atoms with E-state index in [-0.39, 0.29) is 5.91 Å². The van der Waals surface area contributed by atoms with Crippen molar-refractivity contribution in [2.75, 3.05) is 18.2 Å². The second-order valence-electron chi connectivity index (χ2n) is 6.10. The number of carbonyl (C=O) groups excluding carboxylic acids is 1. The van der Waals surface area contributed by atoms with E-state index in [9.17, 15) is 4.79 Å². The SMILES string of the molecule is COc1ccc(C)cc1CSCC(=O)Nc1ccccc1C(C)C. The summed E-state index contributed by atoms with van der Waals surface area (Å²) >= 11 is 1.59. The number of amides is 1. The van der Waals surface area contributed by atoms with Crippen LogP contribution in [0.1, 0.15) is 36.5 Å². The third-order valence-electron chi connectivity index (χ3n) is 3.78. The highest BCUT2D eigenvalue weighted by Gasteiger charge is 2.10. The monoisotopic (exact) mass is 343 g/mol. The van der Waals surface area contributed by atoms with Gasteiger partial charge in [0.2, 0.25) is 5.91 Å². The standard InChI is InChI=1S/C20H25NO2S/c1-14(2)17-7-5-6-8-18(17)21-20(22)13-24-12-16-11-15(3)9-10-19(16)23-4/h5-11,14H,12-13H2,1-4H3,(H,21,22). The van der Waals surface area contributed by atoms with Crippen LogP contribution >= 0.6 is 11.8 Å². The summed E-state index contributed by atoms with van der Waals surface area (Å²) in [5, 5.41) is 3.03. The van der Waals surface area contributed by atoms with Gasteiger partial charge in [0, 0.05) is 17.0 Å². The van der Waals surface area contributed by atoms with Crippen LogP contribution in [0.5, 0.6) is 5.75 Å². The Morgan fingerprint density at radius 2 is 1.96 bits per heavy atom. The molecule has 128 valence electrons. The first-order valence-corrected chi connectivity index (χ1v) is 9.26. The van der Waals surface area contributed by atoms with Gasteiger partial charge in [-0.2, -0.15) is 0 Å². The number of anilines is 1. The second kappa shape index (κ2) is 8.78. The highest BCUT2D eigenvalue weighted by Crippen LogP contribution is 2.26. The molecule has 0 radical (unpaired) electrons. The number of para-hydroxylation sites is 1. The number of methoxy groups -OCH3 is 1. The molecule has 3 nitrogen and oxygen atoms in total. The summed E-state index contributed by atoms with van der Waals surface area (Å²) < 4.78 is 5.38. The predicted octanol–water partition coefficient (Wildman–Crippen LogP) is 5.00. The van der Waals surface area contributed by atoms with Crippen molar-refractivity contribution >= 4 is 23.4 Å². The number of hydrogen-bond donors (Lipinski definition) is 1. The van der Waals surface area contributed by atoms with E-state index < -0.39 is 0 Å². The van der Waals surface area contributed by atoms with Crippen molar-refractivity contribution in [3.05, 3.63) is 59.2 Å². The Balaban J connectivity index is 1.92. The summed E-state index contributed by atoms with van der Waals surface area (Å²) in [6.45, 7) is 6.32. The van der Waals surface area contributed by atoms with Crippen LogP contribution in [0, 0.1) is 6.92 Å².